The van der Waals surface area contributed by atoms with E-state index in [-0.39, 0.29) is 29.3 Å². The van der Waals surface area contributed by atoms with Crippen LogP contribution in [0, 0.1) is 39.5 Å². The van der Waals surface area contributed by atoms with Crippen LogP contribution in [0.2, 0.25) is 0 Å². The molecule has 0 aromatic rings. The number of rotatable bonds is 0. The average Bonchev–Trinajstić information content (AvgIpc) is 3.01. The molecule has 6 aliphatic rings. The number of azo groups is 2. The molecule has 3 aliphatic heterocycles. The van der Waals surface area contributed by atoms with Crippen LogP contribution in [0.4, 0.5) is 0 Å². The summed E-state index contributed by atoms with van der Waals surface area (Å²) in [6, 6.07) is -0.0656. The Kier molecular flexibility index (Phi) is 2.01. The topological polar surface area (TPSA) is 76.9 Å². The summed E-state index contributed by atoms with van der Waals surface area (Å²) in [6.45, 7) is 8.50. The van der Waals surface area contributed by atoms with Gasteiger partial charge in [-0.1, -0.05) is 30.0 Å². The van der Waals surface area contributed by atoms with Crippen LogP contribution in [0.3, 0.4) is 0 Å². The summed E-state index contributed by atoms with van der Waals surface area (Å²) in [5.41, 5.74) is -1.25. The first-order chi connectivity index (χ1) is 10.2. The van der Waals surface area contributed by atoms with E-state index in [0.717, 1.165) is 16.1 Å². The van der Waals surface area contributed by atoms with Crippen LogP contribution in [-0.2, 0) is 0 Å². The first-order valence-corrected chi connectivity index (χ1v) is 8.62. The highest BCUT2D eigenvalue weighted by Crippen LogP contribution is 2.72. The smallest absolute Gasteiger partial charge is 0.213 e. The molecule has 3 fully saturated rings. The van der Waals surface area contributed by atoms with Gasteiger partial charge in [-0.05, 0) is 35.9 Å². The van der Waals surface area contributed by atoms with Gasteiger partial charge in [-0.2, -0.15) is 0 Å². The number of fused-ring (bicyclic) bond motifs is 2. The highest BCUT2D eigenvalue weighted by Gasteiger charge is 2.87. The zero-order chi connectivity index (χ0) is 15.7. The van der Waals surface area contributed by atoms with Crippen LogP contribution < -0.4 is 0 Å². The Morgan fingerprint density at radius 2 is 1.68 bits per heavy atom. The monoisotopic (exact) mass is 304 g/mol. The van der Waals surface area contributed by atoms with Gasteiger partial charge in [0.2, 0.25) is 11.6 Å². The van der Waals surface area contributed by atoms with Crippen molar-refractivity contribution in [3.8, 4) is 0 Å². The fourth-order valence-electron chi connectivity index (χ4n) is 7.05. The molecular formula is C16H24N4O2. The second kappa shape index (κ2) is 3.34. The molecular weight excluding hydrogens is 280 g/mol. The van der Waals surface area contributed by atoms with Crippen molar-refractivity contribution in [3.05, 3.63) is 10.4 Å². The first-order valence-electron chi connectivity index (χ1n) is 8.62. The summed E-state index contributed by atoms with van der Waals surface area (Å²) < 4.78 is 0. The average molecular weight is 304 g/mol. The van der Waals surface area contributed by atoms with Crippen molar-refractivity contribution in [1.82, 2.24) is 0 Å². The lowest BCUT2D eigenvalue weighted by Crippen LogP contribution is -2.65. The standard InChI is InChI=1S/C16H24N4O2/c1-14(2)15(3)10-11(16(14,4)20(22)18-15)13-9-7-5-6-8(9)12(10)17-19(13)21/h8-13H,5-7H2,1-4H3/t8-,9?,10?,11-,12?,13+,15?,16+/m1/s1. The Morgan fingerprint density at radius 3 is 2.41 bits per heavy atom. The van der Waals surface area contributed by atoms with Gasteiger partial charge in [-0.15, -0.1) is 0 Å². The van der Waals surface area contributed by atoms with Gasteiger partial charge in [-0.25, -0.2) is 0 Å². The Labute approximate surface area is 130 Å². The van der Waals surface area contributed by atoms with Crippen molar-refractivity contribution >= 4 is 0 Å². The lowest BCUT2D eigenvalue weighted by Gasteiger charge is -2.50. The molecule has 22 heavy (non-hydrogen) atoms. The van der Waals surface area contributed by atoms with Gasteiger partial charge >= 0.3 is 0 Å². The van der Waals surface area contributed by atoms with E-state index in [0.29, 0.717) is 11.8 Å². The van der Waals surface area contributed by atoms with Crippen molar-refractivity contribution < 1.29 is 9.72 Å². The molecule has 0 saturated heterocycles. The minimum atomic E-state index is -0.596. The van der Waals surface area contributed by atoms with E-state index < -0.39 is 11.1 Å². The molecule has 8 atom stereocenters. The molecule has 4 unspecified atom stereocenters. The molecule has 4 bridgehead atoms. The van der Waals surface area contributed by atoms with Gasteiger partial charge in [0.25, 0.3) is 0 Å². The van der Waals surface area contributed by atoms with Gasteiger partial charge in [0.1, 0.15) is 17.5 Å². The number of nitrogens with zero attached hydrogens (tertiary/aromatic N) is 4. The van der Waals surface area contributed by atoms with Gasteiger partial charge in [0, 0.05) is 18.8 Å². The lowest BCUT2D eigenvalue weighted by molar-refractivity contribution is -0.669. The SMILES string of the molecule is CC12N=[N+]([O-])[C@@](C)([C@@H]3C1C1N=[N+]([O-])[C@H]3C3CCC[C@@H]13)C2(C)C. The third-order valence-corrected chi connectivity index (χ3v) is 8.65. The molecule has 6 rings (SSSR count). The molecule has 0 radical (unpaired) electrons. The van der Waals surface area contributed by atoms with E-state index in [1.165, 1.54) is 12.8 Å². The third kappa shape index (κ3) is 0.984. The number of hydrogen-bond acceptors (Lipinski definition) is 4. The number of hydrogen-bond donors (Lipinski definition) is 0. The normalized spacial score (nSPS) is 60.0. The summed E-state index contributed by atoms with van der Waals surface area (Å²) in [6.07, 6.45) is 3.49. The molecule has 3 aliphatic carbocycles. The molecule has 0 amide bonds. The van der Waals surface area contributed by atoms with E-state index in [2.05, 4.69) is 31.0 Å². The van der Waals surface area contributed by atoms with Gasteiger partial charge in [-0.3, -0.25) is 0 Å². The molecule has 0 aromatic carbocycles. The van der Waals surface area contributed by atoms with Crippen LogP contribution in [-0.4, -0.2) is 32.9 Å². The van der Waals surface area contributed by atoms with Crippen molar-refractivity contribution in [2.24, 2.45) is 39.3 Å². The molecule has 6 nitrogen and oxygen atoms in total. The predicted octanol–water partition coefficient (Wildman–Crippen LogP) is 2.90. The quantitative estimate of drug-likeness (QED) is 0.509. The summed E-state index contributed by atoms with van der Waals surface area (Å²) in [7, 11) is 0. The maximum atomic E-state index is 12.7. The Hall–Kier alpha value is -1.20. The van der Waals surface area contributed by atoms with Crippen LogP contribution in [0.25, 0.3) is 0 Å². The zero-order valence-electron chi connectivity index (χ0n) is 13.7. The Balaban J connectivity index is 1.77. The lowest BCUT2D eigenvalue weighted by atomic mass is 9.58. The van der Waals surface area contributed by atoms with E-state index >= 15 is 0 Å². The molecule has 0 spiro atoms. The number of hydroxylamine groups is 2. The zero-order valence-corrected chi connectivity index (χ0v) is 13.7. The first kappa shape index (κ1) is 13.3. The van der Waals surface area contributed by atoms with Crippen molar-refractivity contribution in [2.75, 3.05) is 0 Å². The van der Waals surface area contributed by atoms with Gasteiger partial charge in [0.05, 0.1) is 5.41 Å². The Morgan fingerprint density at radius 1 is 1.00 bits per heavy atom. The molecule has 3 saturated carbocycles. The van der Waals surface area contributed by atoms with E-state index in [1.807, 2.05) is 6.92 Å². The van der Waals surface area contributed by atoms with Crippen LogP contribution in [0.15, 0.2) is 10.2 Å². The van der Waals surface area contributed by atoms with E-state index in [9.17, 15) is 10.4 Å². The van der Waals surface area contributed by atoms with Crippen molar-refractivity contribution in [2.45, 2.75) is 70.1 Å². The second-order valence-electron chi connectivity index (χ2n) is 9.00. The van der Waals surface area contributed by atoms with Crippen LogP contribution in [0.1, 0.15) is 47.0 Å². The molecule has 0 aromatic heterocycles. The van der Waals surface area contributed by atoms with Gasteiger partial charge < -0.3 is 10.4 Å². The Bertz CT molecular complexity index is 644. The van der Waals surface area contributed by atoms with Gasteiger partial charge in [0.15, 0.2) is 0 Å². The van der Waals surface area contributed by atoms with Crippen LogP contribution in [0.5, 0.6) is 0 Å². The largest absolute Gasteiger partial charge is 0.600 e. The second-order valence-corrected chi connectivity index (χ2v) is 9.00. The summed E-state index contributed by atoms with van der Waals surface area (Å²) in [5, 5.41) is 34.4. The molecule has 3 heterocycles. The minimum absolute atomic E-state index is 0.0588. The summed E-state index contributed by atoms with van der Waals surface area (Å²) in [4.78, 5) is 1.93. The molecule has 0 N–H and O–H groups in total. The van der Waals surface area contributed by atoms with Crippen LogP contribution >= 0.6 is 0 Å². The van der Waals surface area contributed by atoms with Crippen molar-refractivity contribution in [3.63, 3.8) is 0 Å². The fourth-order valence-corrected chi connectivity index (χ4v) is 7.05. The molecule has 120 valence electrons. The summed E-state index contributed by atoms with van der Waals surface area (Å²) >= 11 is 0. The van der Waals surface area contributed by atoms with E-state index in [4.69, 9.17) is 0 Å². The van der Waals surface area contributed by atoms with Crippen molar-refractivity contribution in [1.29, 1.82) is 0 Å². The molecule has 6 heteroatoms. The maximum Gasteiger partial charge on any atom is 0.213 e. The fraction of sp³-hybridized carbons (Fsp3) is 1.00. The third-order valence-electron chi connectivity index (χ3n) is 8.65. The maximum absolute atomic E-state index is 12.7. The van der Waals surface area contributed by atoms with E-state index in [1.54, 1.807) is 0 Å². The minimum Gasteiger partial charge on any atom is -0.600 e. The highest BCUT2D eigenvalue weighted by atomic mass is 16.5. The highest BCUT2D eigenvalue weighted by molar-refractivity contribution is 5.28. The summed E-state index contributed by atoms with van der Waals surface area (Å²) in [5.74, 6) is 1.28. The predicted molar refractivity (Wildman–Crippen MR) is 78.1 cm³/mol.